The maximum Gasteiger partial charge on any atom is 0.326 e. The maximum absolute atomic E-state index is 13.6. The average Bonchev–Trinajstić information content (AvgIpc) is 2.96. The number of ether oxygens (including phenoxy) is 2. The molecule has 0 bridgehead atoms. The highest BCUT2D eigenvalue weighted by atomic mass is 32.2. The highest BCUT2D eigenvalue weighted by molar-refractivity contribution is 7.99. The summed E-state index contributed by atoms with van der Waals surface area (Å²) < 4.78 is 11.1. The van der Waals surface area contributed by atoms with Gasteiger partial charge in [0.25, 0.3) is 0 Å². The SMILES string of the molecule is CCCCN(C(=O)Nc1ccccc1Oc1ccccc1)c1cccc(Sc2ccc(CC(=O)OCC)cc2)c1. The fourth-order valence-electron chi connectivity index (χ4n) is 4.03. The Morgan fingerprint density at radius 2 is 1.57 bits per heavy atom. The van der Waals surface area contributed by atoms with Gasteiger partial charge in [0.2, 0.25) is 0 Å². The van der Waals surface area contributed by atoms with Crippen LogP contribution in [0.25, 0.3) is 0 Å². The van der Waals surface area contributed by atoms with Crippen LogP contribution >= 0.6 is 11.8 Å². The number of nitrogens with one attached hydrogen (secondary N) is 1. The molecule has 0 saturated heterocycles. The van der Waals surface area contributed by atoms with Gasteiger partial charge in [0, 0.05) is 22.0 Å². The second-order valence-electron chi connectivity index (χ2n) is 9.07. The van der Waals surface area contributed by atoms with Crippen molar-refractivity contribution in [3.63, 3.8) is 0 Å². The van der Waals surface area contributed by atoms with E-state index in [0.29, 0.717) is 30.3 Å². The molecule has 6 nitrogen and oxygen atoms in total. The highest BCUT2D eigenvalue weighted by Crippen LogP contribution is 2.32. The summed E-state index contributed by atoms with van der Waals surface area (Å²) in [7, 11) is 0. The lowest BCUT2D eigenvalue weighted by Gasteiger charge is -2.24. The Balaban J connectivity index is 1.48. The van der Waals surface area contributed by atoms with Crippen LogP contribution in [0.1, 0.15) is 32.3 Å². The first-order chi connectivity index (χ1) is 19.6. The molecular weight excluding hydrogens is 520 g/mol. The van der Waals surface area contributed by atoms with Crippen molar-refractivity contribution in [2.24, 2.45) is 0 Å². The van der Waals surface area contributed by atoms with E-state index < -0.39 is 0 Å². The highest BCUT2D eigenvalue weighted by Gasteiger charge is 2.18. The summed E-state index contributed by atoms with van der Waals surface area (Å²) in [6, 6.07) is 32.6. The summed E-state index contributed by atoms with van der Waals surface area (Å²) in [5, 5.41) is 3.06. The van der Waals surface area contributed by atoms with Gasteiger partial charge < -0.3 is 14.8 Å². The average molecular weight is 555 g/mol. The Morgan fingerprint density at radius 1 is 0.825 bits per heavy atom. The summed E-state index contributed by atoms with van der Waals surface area (Å²) in [6.45, 7) is 4.88. The number of para-hydroxylation sites is 3. The van der Waals surface area contributed by atoms with Crippen LogP contribution in [0.4, 0.5) is 16.2 Å². The third-order valence-electron chi connectivity index (χ3n) is 6.02. The molecule has 0 heterocycles. The minimum Gasteiger partial charge on any atom is -0.466 e. The van der Waals surface area contributed by atoms with Gasteiger partial charge in [-0.2, -0.15) is 0 Å². The van der Waals surface area contributed by atoms with E-state index in [1.165, 1.54) is 0 Å². The third kappa shape index (κ3) is 8.38. The molecule has 0 saturated carbocycles. The van der Waals surface area contributed by atoms with Gasteiger partial charge in [-0.3, -0.25) is 9.69 Å². The number of unbranched alkanes of at least 4 members (excludes halogenated alkanes) is 1. The Labute approximate surface area is 240 Å². The molecule has 0 aliphatic carbocycles. The molecule has 4 aromatic carbocycles. The van der Waals surface area contributed by atoms with E-state index in [9.17, 15) is 9.59 Å². The molecule has 0 radical (unpaired) electrons. The number of anilines is 2. The van der Waals surface area contributed by atoms with Crippen LogP contribution in [0.15, 0.2) is 113 Å². The van der Waals surface area contributed by atoms with Crippen LogP contribution in [0.2, 0.25) is 0 Å². The van der Waals surface area contributed by atoms with Gasteiger partial charge in [-0.1, -0.05) is 73.6 Å². The lowest BCUT2D eigenvalue weighted by Crippen LogP contribution is -2.35. The molecule has 0 aliphatic rings. The van der Waals surface area contributed by atoms with Crippen LogP contribution in [0.3, 0.4) is 0 Å². The summed E-state index contributed by atoms with van der Waals surface area (Å²) in [5.41, 5.74) is 2.33. The number of carbonyl (C=O) groups excluding carboxylic acids is 2. The van der Waals surface area contributed by atoms with E-state index in [2.05, 4.69) is 12.2 Å². The fourth-order valence-corrected chi connectivity index (χ4v) is 4.90. The zero-order valence-corrected chi connectivity index (χ0v) is 23.7. The molecular formula is C33H34N2O4S. The molecule has 0 aliphatic heterocycles. The van der Waals surface area contributed by atoms with E-state index >= 15 is 0 Å². The molecule has 4 rings (SSSR count). The first-order valence-electron chi connectivity index (χ1n) is 13.5. The van der Waals surface area contributed by atoms with Crippen LogP contribution < -0.4 is 15.0 Å². The molecule has 0 spiro atoms. The molecule has 1 N–H and O–H groups in total. The Morgan fingerprint density at radius 3 is 2.33 bits per heavy atom. The van der Waals surface area contributed by atoms with Gasteiger partial charge in [-0.15, -0.1) is 0 Å². The number of hydrogen-bond donors (Lipinski definition) is 1. The topological polar surface area (TPSA) is 67.9 Å². The zero-order chi connectivity index (χ0) is 28.2. The Hall–Kier alpha value is -4.23. The van der Waals surface area contributed by atoms with Gasteiger partial charge in [0.15, 0.2) is 5.75 Å². The molecule has 0 unspecified atom stereocenters. The lowest BCUT2D eigenvalue weighted by atomic mass is 10.1. The van der Waals surface area contributed by atoms with E-state index in [-0.39, 0.29) is 18.4 Å². The van der Waals surface area contributed by atoms with Gasteiger partial charge in [-0.05, 0) is 73.5 Å². The van der Waals surface area contributed by atoms with Crippen LogP contribution in [0.5, 0.6) is 11.5 Å². The largest absolute Gasteiger partial charge is 0.466 e. The quantitative estimate of drug-likeness (QED) is 0.178. The molecule has 0 atom stereocenters. The van der Waals surface area contributed by atoms with E-state index in [0.717, 1.165) is 33.9 Å². The summed E-state index contributed by atoms with van der Waals surface area (Å²) in [4.78, 5) is 29.2. The Kier molecular flexibility index (Phi) is 10.6. The van der Waals surface area contributed by atoms with Crippen molar-refractivity contribution < 1.29 is 19.1 Å². The predicted molar refractivity (Wildman–Crippen MR) is 162 cm³/mol. The van der Waals surface area contributed by atoms with Gasteiger partial charge in [-0.25, -0.2) is 4.79 Å². The number of esters is 1. The second kappa shape index (κ2) is 14.8. The Bertz CT molecular complexity index is 1390. The molecule has 2 amide bonds. The number of rotatable bonds is 12. The van der Waals surface area contributed by atoms with E-state index in [1.807, 2.05) is 103 Å². The van der Waals surface area contributed by atoms with E-state index in [1.54, 1.807) is 23.6 Å². The predicted octanol–water partition coefficient (Wildman–Crippen LogP) is 8.57. The van der Waals surface area contributed by atoms with Crippen LogP contribution in [0, 0.1) is 0 Å². The first kappa shape index (κ1) is 28.8. The van der Waals surface area contributed by atoms with Gasteiger partial charge in [0.05, 0.1) is 18.7 Å². The fraction of sp³-hybridized carbons (Fsp3) is 0.212. The molecule has 206 valence electrons. The van der Waals surface area contributed by atoms with Crippen molar-refractivity contribution in [1.82, 2.24) is 0 Å². The monoisotopic (exact) mass is 554 g/mol. The van der Waals surface area contributed by atoms with Crippen molar-refractivity contribution in [1.29, 1.82) is 0 Å². The third-order valence-corrected chi connectivity index (χ3v) is 7.02. The number of nitrogens with zero attached hydrogens (tertiary/aromatic N) is 1. The molecule has 0 fully saturated rings. The summed E-state index contributed by atoms with van der Waals surface area (Å²) in [5.74, 6) is 1.05. The number of carbonyl (C=O) groups is 2. The zero-order valence-electron chi connectivity index (χ0n) is 22.8. The summed E-state index contributed by atoms with van der Waals surface area (Å²) in [6.07, 6.45) is 2.09. The van der Waals surface area contributed by atoms with Crippen molar-refractivity contribution in [3.8, 4) is 11.5 Å². The van der Waals surface area contributed by atoms with Crippen LogP contribution in [-0.2, 0) is 16.0 Å². The van der Waals surface area contributed by atoms with Crippen molar-refractivity contribution >= 4 is 35.1 Å². The summed E-state index contributed by atoms with van der Waals surface area (Å²) >= 11 is 1.61. The first-order valence-corrected chi connectivity index (χ1v) is 14.3. The number of benzene rings is 4. The number of hydrogen-bond acceptors (Lipinski definition) is 5. The molecule has 40 heavy (non-hydrogen) atoms. The smallest absolute Gasteiger partial charge is 0.326 e. The number of urea groups is 1. The minimum absolute atomic E-state index is 0.219. The molecule has 4 aromatic rings. The lowest BCUT2D eigenvalue weighted by molar-refractivity contribution is -0.142. The molecule has 0 aromatic heterocycles. The number of amides is 2. The van der Waals surface area contributed by atoms with Crippen molar-refractivity contribution in [3.05, 3.63) is 109 Å². The molecule has 7 heteroatoms. The standard InChI is InChI=1S/C33H34N2O4S/c1-3-5-22-35(33(37)34-30-16-9-10-17-31(30)39-27-13-7-6-8-14-27)26-12-11-15-29(24-26)40-28-20-18-25(19-21-28)23-32(36)38-4-2/h6-21,24H,3-5,22-23H2,1-2H3,(H,34,37). The van der Waals surface area contributed by atoms with Crippen molar-refractivity contribution in [2.75, 3.05) is 23.4 Å². The van der Waals surface area contributed by atoms with Gasteiger partial charge in [0.1, 0.15) is 5.75 Å². The second-order valence-corrected chi connectivity index (χ2v) is 10.2. The minimum atomic E-state index is -0.227. The normalized spacial score (nSPS) is 10.6. The van der Waals surface area contributed by atoms with Crippen molar-refractivity contribution in [2.45, 2.75) is 42.9 Å². The maximum atomic E-state index is 13.6. The van der Waals surface area contributed by atoms with Crippen LogP contribution in [-0.4, -0.2) is 25.2 Å². The van der Waals surface area contributed by atoms with E-state index in [4.69, 9.17) is 9.47 Å². The van der Waals surface area contributed by atoms with Gasteiger partial charge >= 0.3 is 12.0 Å².